The van der Waals surface area contributed by atoms with Crippen molar-refractivity contribution in [2.24, 2.45) is 0 Å². The lowest BCUT2D eigenvalue weighted by molar-refractivity contribution is 0.0924. The number of furan rings is 1. The van der Waals surface area contributed by atoms with Crippen molar-refractivity contribution in [1.82, 2.24) is 10.3 Å². The first-order valence-electron chi connectivity index (χ1n) is 7.82. The Hall–Kier alpha value is -3.14. The minimum atomic E-state index is -0.211. The van der Waals surface area contributed by atoms with Crippen LogP contribution in [0.3, 0.4) is 0 Å². The number of nitrogens with one attached hydrogen (secondary N) is 1. The molecule has 4 aromatic rings. The summed E-state index contributed by atoms with van der Waals surface area (Å²) in [5, 5.41) is 5.98. The number of aryl methyl sites for hydroxylation is 1. The number of aromatic nitrogens is 1. The summed E-state index contributed by atoms with van der Waals surface area (Å²) in [6.07, 6.45) is 3.44. The number of hydrogen-bond acceptors (Lipinski definition) is 3. The van der Waals surface area contributed by atoms with E-state index in [-0.39, 0.29) is 5.91 Å². The molecule has 0 radical (unpaired) electrons. The maximum atomic E-state index is 12.5. The molecule has 0 aliphatic heterocycles. The van der Waals surface area contributed by atoms with Crippen molar-refractivity contribution < 1.29 is 9.21 Å². The third kappa shape index (κ3) is 2.42. The van der Waals surface area contributed by atoms with E-state index in [4.69, 9.17) is 4.42 Å². The van der Waals surface area contributed by atoms with Gasteiger partial charge >= 0.3 is 0 Å². The summed E-state index contributed by atoms with van der Waals surface area (Å²) in [6.45, 7) is 2.34. The molecule has 1 N–H and O–H groups in total. The third-order valence-corrected chi connectivity index (χ3v) is 4.21. The molecule has 0 saturated heterocycles. The van der Waals surface area contributed by atoms with Crippen molar-refractivity contribution in [2.75, 3.05) is 0 Å². The predicted molar refractivity (Wildman–Crippen MR) is 93.9 cm³/mol. The summed E-state index contributed by atoms with van der Waals surface area (Å²) in [7, 11) is 0. The Kier molecular flexibility index (Phi) is 3.50. The van der Waals surface area contributed by atoms with E-state index in [9.17, 15) is 4.79 Å². The van der Waals surface area contributed by atoms with E-state index >= 15 is 0 Å². The van der Waals surface area contributed by atoms with E-state index in [1.807, 2.05) is 49.4 Å². The smallest absolute Gasteiger partial charge is 0.287 e. The monoisotopic (exact) mass is 316 g/mol. The van der Waals surface area contributed by atoms with Crippen LogP contribution < -0.4 is 5.32 Å². The summed E-state index contributed by atoms with van der Waals surface area (Å²) >= 11 is 0. The molecule has 1 amide bonds. The highest BCUT2D eigenvalue weighted by molar-refractivity contribution is 6.08. The molecule has 118 valence electrons. The second kappa shape index (κ2) is 5.81. The lowest BCUT2D eigenvalue weighted by Gasteiger charge is -2.03. The summed E-state index contributed by atoms with van der Waals surface area (Å²) in [5.41, 5.74) is 2.57. The van der Waals surface area contributed by atoms with E-state index in [0.717, 1.165) is 32.9 Å². The van der Waals surface area contributed by atoms with E-state index in [1.54, 1.807) is 12.4 Å². The molecular weight excluding hydrogens is 300 g/mol. The fraction of sp³-hybridized carbons (Fsp3) is 0.100. The van der Waals surface area contributed by atoms with Crippen LogP contribution >= 0.6 is 0 Å². The van der Waals surface area contributed by atoms with E-state index in [0.29, 0.717) is 12.3 Å². The van der Waals surface area contributed by atoms with Crippen molar-refractivity contribution >= 4 is 27.6 Å². The van der Waals surface area contributed by atoms with Crippen molar-refractivity contribution in [3.05, 3.63) is 77.8 Å². The number of amides is 1. The molecule has 0 aliphatic carbocycles. The highest BCUT2D eigenvalue weighted by Crippen LogP contribution is 2.31. The molecule has 0 aliphatic rings. The lowest BCUT2D eigenvalue weighted by Crippen LogP contribution is -2.23. The van der Waals surface area contributed by atoms with E-state index in [2.05, 4.69) is 16.4 Å². The Balaban J connectivity index is 1.70. The van der Waals surface area contributed by atoms with Crippen LogP contribution in [0.15, 0.2) is 65.3 Å². The van der Waals surface area contributed by atoms with Crippen LogP contribution in [0.2, 0.25) is 0 Å². The highest BCUT2D eigenvalue weighted by atomic mass is 16.3. The average Bonchev–Trinajstić information content (AvgIpc) is 2.98. The summed E-state index contributed by atoms with van der Waals surface area (Å²) < 4.78 is 5.93. The van der Waals surface area contributed by atoms with Gasteiger partial charge in [-0.2, -0.15) is 0 Å². The van der Waals surface area contributed by atoms with Gasteiger partial charge in [0.15, 0.2) is 5.76 Å². The average molecular weight is 316 g/mol. The third-order valence-electron chi connectivity index (χ3n) is 4.21. The summed E-state index contributed by atoms with van der Waals surface area (Å²) in [4.78, 5) is 16.6. The van der Waals surface area contributed by atoms with E-state index in [1.165, 1.54) is 0 Å². The second-order valence-corrected chi connectivity index (χ2v) is 5.76. The molecule has 24 heavy (non-hydrogen) atoms. The molecule has 0 spiro atoms. The van der Waals surface area contributed by atoms with Gasteiger partial charge in [-0.1, -0.05) is 42.5 Å². The van der Waals surface area contributed by atoms with Crippen LogP contribution in [0.5, 0.6) is 0 Å². The lowest BCUT2D eigenvalue weighted by atomic mass is 10.1. The normalized spacial score (nSPS) is 11.0. The number of nitrogens with zero attached hydrogens (tertiary/aromatic N) is 1. The number of pyridine rings is 1. The predicted octanol–water partition coefficient (Wildman–Crippen LogP) is 4.22. The topological polar surface area (TPSA) is 55.1 Å². The minimum absolute atomic E-state index is 0.211. The van der Waals surface area contributed by atoms with Crippen molar-refractivity contribution in [3.63, 3.8) is 0 Å². The van der Waals surface area contributed by atoms with Gasteiger partial charge in [0.1, 0.15) is 5.58 Å². The number of benzene rings is 2. The van der Waals surface area contributed by atoms with Crippen molar-refractivity contribution in [3.8, 4) is 0 Å². The molecule has 4 rings (SSSR count). The van der Waals surface area contributed by atoms with Gasteiger partial charge in [-0.3, -0.25) is 9.78 Å². The SMILES string of the molecule is Cc1c(C(=O)NCc2cccnc2)oc2c1ccc1ccccc12. The van der Waals surface area contributed by atoms with Crippen LogP contribution in [0, 0.1) is 6.92 Å². The van der Waals surface area contributed by atoms with Gasteiger partial charge < -0.3 is 9.73 Å². The van der Waals surface area contributed by atoms with Crippen LogP contribution in [-0.2, 0) is 6.54 Å². The molecular formula is C20H16N2O2. The zero-order valence-corrected chi connectivity index (χ0v) is 13.2. The van der Waals surface area contributed by atoms with Crippen LogP contribution in [0.25, 0.3) is 21.7 Å². The maximum Gasteiger partial charge on any atom is 0.287 e. The number of fused-ring (bicyclic) bond motifs is 3. The van der Waals surface area contributed by atoms with Gasteiger partial charge in [0.2, 0.25) is 0 Å². The minimum Gasteiger partial charge on any atom is -0.450 e. The fourth-order valence-corrected chi connectivity index (χ4v) is 2.93. The quantitative estimate of drug-likeness (QED) is 0.615. The molecule has 0 bridgehead atoms. The number of rotatable bonds is 3. The first kappa shape index (κ1) is 14.5. The van der Waals surface area contributed by atoms with E-state index < -0.39 is 0 Å². The molecule has 4 nitrogen and oxygen atoms in total. The Labute approximate surface area is 139 Å². The summed E-state index contributed by atoms with van der Waals surface area (Å²) in [6, 6.07) is 15.8. The molecule has 0 saturated carbocycles. The van der Waals surface area contributed by atoms with Gasteiger partial charge in [-0.05, 0) is 23.9 Å². The molecule has 0 unspecified atom stereocenters. The molecule has 0 fully saturated rings. The Bertz CT molecular complexity index is 1040. The largest absolute Gasteiger partial charge is 0.450 e. The second-order valence-electron chi connectivity index (χ2n) is 5.76. The zero-order valence-electron chi connectivity index (χ0n) is 13.2. The standard InChI is InChI=1S/C20H16N2O2/c1-13-16-9-8-15-6-2-3-7-17(15)19(16)24-18(13)20(23)22-12-14-5-4-10-21-11-14/h2-11H,12H2,1H3,(H,22,23). The van der Waals surface area contributed by atoms with Crippen molar-refractivity contribution in [1.29, 1.82) is 0 Å². The van der Waals surface area contributed by atoms with Gasteiger partial charge in [0, 0.05) is 35.3 Å². The molecule has 2 aromatic heterocycles. The highest BCUT2D eigenvalue weighted by Gasteiger charge is 2.18. The molecule has 2 aromatic carbocycles. The first-order valence-corrected chi connectivity index (χ1v) is 7.82. The molecule has 4 heteroatoms. The van der Waals surface area contributed by atoms with Crippen LogP contribution in [0.4, 0.5) is 0 Å². The van der Waals surface area contributed by atoms with Gasteiger partial charge in [-0.25, -0.2) is 0 Å². The molecule has 0 atom stereocenters. The molecule has 2 heterocycles. The zero-order chi connectivity index (χ0) is 16.5. The van der Waals surface area contributed by atoms with Crippen LogP contribution in [-0.4, -0.2) is 10.9 Å². The van der Waals surface area contributed by atoms with Crippen LogP contribution in [0.1, 0.15) is 21.7 Å². The van der Waals surface area contributed by atoms with Gasteiger partial charge in [0.05, 0.1) is 0 Å². The van der Waals surface area contributed by atoms with Crippen molar-refractivity contribution in [2.45, 2.75) is 13.5 Å². The van der Waals surface area contributed by atoms with Gasteiger partial charge in [0.25, 0.3) is 5.91 Å². The maximum absolute atomic E-state index is 12.5. The number of hydrogen-bond donors (Lipinski definition) is 1. The first-order chi connectivity index (χ1) is 11.7. The number of carbonyl (C=O) groups is 1. The number of carbonyl (C=O) groups excluding carboxylic acids is 1. The fourth-order valence-electron chi connectivity index (χ4n) is 2.93. The Morgan fingerprint density at radius 1 is 1.08 bits per heavy atom. The Morgan fingerprint density at radius 2 is 1.96 bits per heavy atom. The Morgan fingerprint density at radius 3 is 2.79 bits per heavy atom. The summed E-state index contributed by atoms with van der Waals surface area (Å²) in [5.74, 6) is 0.155. The van der Waals surface area contributed by atoms with Gasteiger partial charge in [-0.15, -0.1) is 0 Å².